The van der Waals surface area contributed by atoms with Gasteiger partial charge in [-0.05, 0) is 42.3 Å². The van der Waals surface area contributed by atoms with Gasteiger partial charge in [-0.3, -0.25) is 8.98 Å². The van der Waals surface area contributed by atoms with E-state index in [2.05, 4.69) is 19.7 Å². The Bertz CT molecular complexity index is 1550. The summed E-state index contributed by atoms with van der Waals surface area (Å²) in [6, 6.07) is 6.56. The molecule has 2 rings (SSSR count). The Balaban J connectivity index is 0. The molecule has 1 N–H and O–H groups in total. The first kappa shape index (κ1) is 32.1. The molecule has 37 heavy (non-hydrogen) atoms. The molecule has 0 saturated carbocycles. The molecule has 1 radical (unpaired) electrons. The van der Waals surface area contributed by atoms with Gasteiger partial charge in [-0.2, -0.15) is 5.11 Å². The number of sulfone groups is 1. The first-order valence-electron chi connectivity index (χ1n) is 9.30. The van der Waals surface area contributed by atoms with E-state index in [-0.39, 0.29) is 30.5 Å². The quantitative estimate of drug-likeness (QED) is 0.0820. The minimum absolute atomic E-state index is 0. The summed E-state index contributed by atoms with van der Waals surface area (Å²) in [5, 5.41) is 33.4. The average Bonchev–Trinajstić information content (AvgIpc) is 2.73. The van der Waals surface area contributed by atoms with E-state index in [0.29, 0.717) is 6.07 Å². The van der Waals surface area contributed by atoms with Gasteiger partial charge in [0, 0.05) is 12.6 Å². The van der Waals surface area contributed by atoms with Crippen LogP contribution in [0.1, 0.15) is 9.78 Å². The number of carbonyl (C=O) groups is 1. The molecular weight excluding hydrogens is 610 g/mol. The second-order valence-electron chi connectivity index (χ2n) is 6.72. The SMILES string of the molecule is CC(=O)/C(N=Nc1ccc(S(=O)(=O)[O-])cc1[O-])=C(/[O-])Nc1ccc(S(=O)(=O)CCOS(=O)(=O)[O-])cc1.[Cu+2].[H+].[H+]. The van der Waals surface area contributed by atoms with Crippen molar-refractivity contribution in [3.05, 3.63) is 54.0 Å². The van der Waals surface area contributed by atoms with Gasteiger partial charge in [-0.1, -0.05) is 11.8 Å². The molecular formula is C18H17CuN3O12S3. The minimum Gasteiger partial charge on any atom is -0.871 e. The number of azo groups is 1. The van der Waals surface area contributed by atoms with Crippen molar-refractivity contribution in [1.29, 1.82) is 0 Å². The maximum absolute atomic E-state index is 12.4. The number of rotatable bonds is 11. The normalized spacial score (nSPS) is 13.1. The zero-order valence-corrected chi connectivity index (χ0v) is 21.7. The molecule has 0 heterocycles. The third-order valence-electron chi connectivity index (χ3n) is 4.08. The number of nitrogens with zero attached hydrogens (tertiary/aromatic N) is 2. The van der Waals surface area contributed by atoms with Crippen molar-refractivity contribution in [2.75, 3.05) is 17.7 Å². The number of benzene rings is 2. The summed E-state index contributed by atoms with van der Waals surface area (Å²) in [5.74, 6) is -3.77. The molecule has 0 aromatic heterocycles. The van der Waals surface area contributed by atoms with E-state index in [0.717, 1.165) is 43.3 Å². The third-order valence-corrected chi connectivity index (χ3v) is 7.06. The molecule has 0 aliphatic carbocycles. The molecule has 0 atom stereocenters. The molecule has 0 spiro atoms. The third kappa shape index (κ3) is 9.82. The second kappa shape index (κ2) is 12.6. The topological polar surface area (TPSA) is 258 Å². The van der Waals surface area contributed by atoms with Gasteiger partial charge in [0.2, 0.25) is 10.4 Å². The van der Waals surface area contributed by atoms with Crippen LogP contribution in [0, 0.1) is 0 Å². The van der Waals surface area contributed by atoms with E-state index in [1.165, 1.54) is 0 Å². The fraction of sp³-hybridized carbons (Fsp3) is 0.167. The number of anilines is 1. The van der Waals surface area contributed by atoms with E-state index in [9.17, 15) is 49.4 Å². The predicted octanol–water partition coefficient (Wildman–Crippen LogP) is -0.548. The van der Waals surface area contributed by atoms with Gasteiger partial charge in [-0.25, -0.2) is 25.3 Å². The van der Waals surface area contributed by atoms with Crippen LogP contribution in [0.5, 0.6) is 5.75 Å². The standard InChI is InChI=1S/C18H19N3O12S3.Cu/c1-11(22)17(21-20-15-7-6-14(10-16(15)23)35(27,28)29)18(24)19-12-2-4-13(5-3-12)34(25,26)9-8-33-36(30,31)32;/h2-7,10,19,23-24H,8-9H2,1H3,(H,27,28,29)(H,30,31,32);/q;+2/p-2/b18-17-,21-20?;. The number of nitrogens with one attached hydrogen (secondary N) is 1. The van der Waals surface area contributed by atoms with Crippen molar-refractivity contribution in [1.82, 2.24) is 0 Å². The van der Waals surface area contributed by atoms with Crippen molar-refractivity contribution in [2.45, 2.75) is 16.7 Å². The van der Waals surface area contributed by atoms with E-state index in [1.54, 1.807) is 0 Å². The fourth-order valence-electron chi connectivity index (χ4n) is 2.41. The van der Waals surface area contributed by atoms with Crippen LogP contribution in [0.4, 0.5) is 11.4 Å². The Morgan fingerprint density at radius 3 is 2.05 bits per heavy atom. The Morgan fingerprint density at radius 1 is 1.00 bits per heavy atom. The summed E-state index contributed by atoms with van der Waals surface area (Å²) in [6.07, 6.45) is 0. The summed E-state index contributed by atoms with van der Waals surface area (Å²) in [4.78, 5) is 10.7. The maximum Gasteiger partial charge on any atom is 2.00 e. The Kier molecular flexibility index (Phi) is 10.9. The first-order valence-corrected chi connectivity index (χ1v) is 13.7. The summed E-state index contributed by atoms with van der Waals surface area (Å²) in [7, 11) is -14.0. The predicted molar refractivity (Wildman–Crippen MR) is 116 cm³/mol. The van der Waals surface area contributed by atoms with Gasteiger partial charge in [0.25, 0.3) is 0 Å². The van der Waals surface area contributed by atoms with E-state index >= 15 is 0 Å². The van der Waals surface area contributed by atoms with Crippen molar-refractivity contribution in [2.24, 2.45) is 10.2 Å². The molecule has 0 unspecified atom stereocenters. The molecule has 0 amide bonds. The molecule has 2 aromatic carbocycles. The van der Waals surface area contributed by atoms with Gasteiger partial charge in [-0.15, -0.1) is 5.11 Å². The first-order chi connectivity index (χ1) is 16.5. The number of ketones is 1. The molecule has 0 bridgehead atoms. The molecule has 19 heteroatoms. The zero-order valence-electron chi connectivity index (χ0n) is 20.3. The number of Topliss-reactive ketones (excluding diaryl/α,β-unsaturated/α-hetero) is 1. The zero-order chi connectivity index (χ0) is 27.3. The van der Waals surface area contributed by atoms with Crippen LogP contribution in [0.3, 0.4) is 0 Å². The number of hydrogen-bond donors (Lipinski definition) is 1. The van der Waals surface area contributed by atoms with Crippen molar-refractivity contribution >= 4 is 47.5 Å². The van der Waals surface area contributed by atoms with Gasteiger partial charge in [0.05, 0.1) is 27.8 Å². The largest absolute Gasteiger partial charge is 2.00 e. The van der Waals surface area contributed by atoms with Crippen LogP contribution in [0.25, 0.3) is 0 Å². The Labute approximate surface area is 225 Å². The number of allylic oxidation sites excluding steroid dienone is 1. The molecule has 0 aliphatic heterocycles. The van der Waals surface area contributed by atoms with Gasteiger partial charge in [0.1, 0.15) is 15.8 Å². The maximum atomic E-state index is 12.4. The second-order valence-corrected chi connectivity index (χ2v) is 11.3. The van der Waals surface area contributed by atoms with Crippen molar-refractivity contribution < 1.29 is 73.5 Å². The number of carbonyl (C=O) groups excluding carboxylic acids is 1. The Morgan fingerprint density at radius 2 is 1.57 bits per heavy atom. The summed E-state index contributed by atoms with van der Waals surface area (Å²) in [6.45, 7) is 0.0775. The van der Waals surface area contributed by atoms with Gasteiger partial charge < -0.3 is 24.6 Å². The monoisotopic (exact) mass is 626 g/mol. The molecule has 0 saturated heterocycles. The molecule has 205 valence electrons. The van der Waals surface area contributed by atoms with Crippen molar-refractivity contribution in [3.63, 3.8) is 0 Å². The summed E-state index contributed by atoms with van der Waals surface area (Å²) >= 11 is 0. The molecule has 0 fully saturated rings. The molecule has 0 aliphatic rings. The van der Waals surface area contributed by atoms with Crippen LogP contribution in [-0.2, 0) is 56.4 Å². The minimum atomic E-state index is -5.06. The van der Waals surface area contributed by atoms with Gasteiger partial charge in [0.15, 0.2) is 15.6 Å². The van der Waals surface area contributed by atoms with Gasteiger partial charge >= 0.3 is 19.9 Å². The van der Waals surface area contributed by atoms with Crippen LogP contribution in [0.15, 0.2) is 74.1 Å². The van der Waals surface area contributed by atoms with Crippen LogP contribution in [0.2, 0.25) is 0 Å². The average molecular weight is 627 g/mol. The molecule has 2 aromatic rings. The Hall–Kier alpha value is -2.90. The number of hydrogen-bond acceptors (Lipinski definition) is 15. The molecule has 15 nitrogen and oxygen atoms in total. The van der Waals surface area contributed by atoms with E-state index in [1.807, 2.05) is 0 Å². The summed E-state index contributed by atoms with van der Waals surface area (Å²) in [5.41, 5.74) is -1.21. The van der Waals surface area contributed by atoms with Crippen LogP contribution in [-0.4, -0.2) is 52.5 Å². The van der Waals surface area contributed by atoms with Crippen LogP contribution < -0.4 is 15.5 Å². The van der Waals surface area contributed by atoms with E-state index < -0.39 is 76.4 Å². The fourth-order valence-corrected chi connectivity index (χ4v) is 4.38. The van der Waals surface area contributed by atoms with Crippen molar-refractivity contribution in [3.8, 4) is 5.75 Å². The smallest absolute Gasteiger partial charge is 0.871 e. The summed E-state index contributed by atoms with van der Waals surface area (Å²) < 4.78 is 92.2. The van der Waals surface area contributed by atoms with Crippen LogP contribution >= 0.6 is 0 Å². The van der Waals surface area contributed by atoms with E-state index in [4.69, 9.17) is 0 Å².